The Morgan fingerprint density at radius 1 is 1.40 bits per heavy atom. The summed E-state index contributed by atoms with van der Waals surface area (Å²) in [5, 5.41) is 6.94. The minimum Gasteiger partial charge on any atom is -0.350 e. The van der Waals surface area contributed by atoms with Crippen molar-refractivity contribution in [3.8, 4) is 0 Å². The molecule has 0 aliphatic heterocycles. The Labute approximate surface area is 123 Å². The lowest BCUT2D eigenvalue weighted by molar-refractivity contribution is 0.0953. The van der Waals surface area contributed by atoms with E-state index in [2.05, 4.69) is 29.2 Å². The Bertz CT molecular complexity index is 579. The molecule has 0 radical (unpaired) electrons. The van der Waals surface area contributed by atoms with Gasteiger partial charge >= 0.3 is 0 Å². The zero-order valence-electron chi connectivity index (χ0n) is 11.7. The standard InChI is InChI=1S/C14H19ClN4O/c1-3-10(4-2)12(15)8-17-14(20)11-7-18-19-6-5-16-9-13(11)19/h5-7,9-10,12H,3-4,8H2,1-2H3,(H,17,20). The molecular formula is C14H19ClN4O. The molecule has 0 fully saturated rings. The van der Waals surface area contributed by atoms with Crippen LogP contribution in [-0.4, -0.2) is 32.4 Å². The van der Waals surface area contributed by atoms with Crippen molar-refractivity contribution in [2.24, 2.45) is 5.92 Å². The number of halogens is 1. The van der Waals surface area contributed by atoms with Crippen LogP contribution in [0, 0.1) is 5.92 Å². The largest absolute Gasteiger partial charge is 0.350 e. The molecule has 0 spiro atoms. The summed E-state index contributed by atoms with van der Waals surface area (Å²) in [5.41, 5.74) is 1.21. The Hall–Kier alpha value is -1.62. The van der Waals surface area contributed by atoms with Crippen LogP contribution >= 0.6 is 11.6 Å². The number of aromatic nitrogens is 3. The fraction of sp³-hybridized carbons (Fsp3) is 0.500. The van der Waals surface area contributed by atoms with Crippen LogP contribution in [0.25, 0.3) is 5.52 Å². The van der Waals surface area contributed by atoms with Crippen molar-refractivity contribution in [1.29, 1.82) is 0 Å². The van der Waals surface area contributed by atoms with Crippen LogP contribution in [0.5, 0.6) is 0 Å². The highest BCUT2D eigenvalue weighted by molar-refractivity contribution is 6.21. The third-order valence-electron chi connectivity index (χ3n) is 3.59. The average Bonchev–Trinajstić information content (AvgIpc) is 2.90. The molecule has 0 saturated carbocycles. The molecule has 2 aromatic heterocycles. The molecule has 6 heteroatoms. The Morgan fingerprint density at radius 3 is 2.85 bits per heavy atom. The lowest BCUT2D eigenvalue weighted by atomic mass is 9.99. The van der Waals surface area contributed by atoms with Gasteiger partial charge in [-0.2, -0.15) is 5.10 Å². The van der Waals surface area contributed by atoms with E-state index in [0.717, 1.165) is 12.8 Å². The van der Waals surface area contributed by atoms with Gasteiger partial charge in [0.15, 0.2) is 0 Å². The third kappa shape index (κ3) is 3.10. The minimum atomic E-state index is -0.162. The summed E-state index contributed by atoms with van der Waals surface area (Å²) in [5.74, 6) is 0.257. The summed E-state index contributed by atoms with van der Waals surface area (Å²) in [6.45, 7) is 4.69. The summed E-state index contributed by atoms with van der Waals surface area (Å²) in [6, 6.07) is 0. The van der Waals surface area contributed by atoms with Crippen LogP contribution in [0.15, 0.2) is 24.8 Å². The fourth-order valence-electron chi connectivity index (χ4n) is 2.26. The first-order valence-electron chi connectivity index (χ1n) is 6.87. The number of hydrogen-bond acceptors (Lipinski definition) is 3. The van der Waals surface area contributed by atoms with Gasteiger partial charge in [0, 0.05) is 18.9 Å². The molecule has 1 atom stereocenters. The van der Waals surface area contributed by atoms with E-state index < -0.39 is 0 Å². The van der Waals surface area contributed by atoms with E-state index in [1.54, 1.807) is 29.3 Å². The van der Waals surface area contributed by atoms with E-state index in [1.807, 2.05) is 0 Å². The predicted octanol–water partition coefficient (Wildman–Crippen LogP) is 2.50. The number of hydrogen-bond donors (Lipinski definition) is 1. The highest BCUT2D eigenvalue weighted by Crippen LogP contribution is 2.18. The quantitative estimate of drug-likeness (QED) is 0.833. The molecule has 2 rings (SSSR count). The smallest absolute Gasteiger partial charge is 0.255 e. The Morgan fingerprint density at radius 2 is 2.15 bits per heavy atom. The molecule has 1 N–H and O–H groups in total. The van der Waals surface area contributed by atoms with Gasteiger partial charge in [0.05, 0.1) is 28.9 Å². The number of carbonyl (C=O) groups is 1. The Kier molecular flexibility index (Phi) is 4.95. The number of alkyl halides is 1. The van der Waals surface area contributed by atoms with Gasteiger partial charge in [-0.25, -0.2) is 4.52 Å². The van der Waals surface area contributed by atoms with Gasteiger partial charge < -0.3 is 5.32 Å². The minimum absolute atomic E-state index is 0.0473. The van der Waals surface area contributed by atoms with E-state index in [0.29, 0.717) is 23.5 Å². The maximum Gasteiger partial charge on any atom is 0.255 e. The van der Waals surface area contributed by atoms with Gasteiger partial charge in [-0.1, -0.05) is 26.7 Å². The number of carbonyl (C=O) groups excluding carboxylic acids is 1. The summed E-state index contributed by atoms with van der Waals surface area (Å²) in [7, 11) is 0. The van der Waals surface area contributed by atoms with E-state index >= 15 is 0 Å². The second-order valence-electron chi connectivity index (χ2n) is 4.77. The summed E-state index contributed by atoms with van der Waals surface area (Å²) in [4.78, 5) is 16.2. The average molecular weight is 295 g/mol. The number of amides is 1. The number of nitrogens with one attached hydrogen (secondary N) is 1. The van der Waals surface area contributed by atoms with Crippen molar-refractivity contribution in [3.05, 3.63) is 30.4 Å². The molecule has 20 heavy (non-hydrogen) atoms. The van der Waals surface area contributed by atoms with E-state index in [-0.39, 0.29) is 11.3 Å². The first-order valence-corrected chi connectivity index (χ1v) is 7.30. The maximum atomic E-state index is 12.2. The molecule has 0 aliphatic rings. The summed E-state index contributed by atoms with van der Waals surface area (Å²) >= 11 is 6.32. The molecule has 1 amide bonds. The molecular weight excluding hydrogens is 276 g/mol. The van der Waals surface area contributed by atoms with Crippen molar-refractivity contribution >= 4 is 23.0 Å². The molecule has 2 heterocycles. The fourth-order valence-corrected chi connectivity index (χ4v) is 2.70. The highest BCUT2D eigenvalue weighted by atomic mass is 35.5. The number of fused-ring (bicyclic) bond motifs is 1. The van der Waals surface area contributed by atoms with Crippen molar-refractivity contribution in [3.63, 3.8) is 0 Å². The van der Waals surface area contributed by atoms with Gasteiger partial charge in [0.2, 0.25) is 0 Å². The van der Waals surface area contributed by atoms with Gasteiger partial charge in [0.25, 0.3) is 5.91 Å². The van der Waals surface area contributed by atoms with Gasteiger partial charge in [-0.15, -0.1) is 11.6 Å². The van der Waals surface area contributed by atoms with Gasteiger partial charge in [-0.3, -0.25) is 9.78 Å². The van der Waals surface area contributed by atoms with E-state index in [4.69, 9.17) is 11.6 Å². The van der Waals surface area contributed by atoms with Crippen LogP contribution in [0.4, 0.5) is 0 Å². The van der Waals surface area contributed by atoms with Gasteiger partial charge in [-0.05, 0) is 5.92 Å². The normalized spacial score (nSPS) is 12.8. The molecule has 5 nitrogen and oxygen atoms in total. The highest BCUT2D eigenvalue weighted by Gasteiger charge is 2.18. The molecule has 0 aliphatic carbocycles. The molecule has 0 bridgehead atoms. The van der Waals surface area contributed by atoms with Crippen molar-refractivity contribution < 1.29 is 4.79 Å². The van der Waals surface area contributed by atoms with Crippen LogP contribution in [0.3, 0.4) is 0 Å². The van der Waals surface area contributed by atoms with Crippen molar-refractivity contribution in [2.45, 2.75) is 32.1 Å². The van der Waals surface area contributed by atoms with E-state index in [1.165, 1.54) is 0 Å². The van der Waals surface area contributed by atoms with Gasteiger partial charge in [0.1, 0.15) is 0 Å². The zero-order chi connectivity index (χ0) is 14.5. The molecule has 0 aromatic carbocycles. The predicted molar refractivity (Wildman–Crippen MR) is 79.0 cm³/mol. The molecule has 0 saturated heterocycles. The first kappa shape index (κ1) is 14.8. The van der Waals surface area contributed by atoms with Crippen molar-refractivity contribution in [2.75, 3.05) is 6.54 Å². The second-order valence-corrected chi connectivity index (χ2v) is 5.33. The van der Waals surface area contributed by atoms with E-state index in [9.17, 15) is 4.79 Å². The molecule has 2 aromatic rings. The summed E-state index contributed by atoms with van der Waals surface area (Å²) in [6.07, 6.45) is 8.54. The zero-order valence-corrected chi connectivity index (χ0v) is 12.5. The lowest BCUT2D eigenvalue weighted by Crippen LogP contribution is -2.33. The summed E-state index contributed by atoms with van der Waals surface area (Å²) < 4.78 is 1.63. The maximum absolute atomic E-state index is 12.2. The molecule has 1 unspecified atom stereocenters. The monoisotopic (exact) mass is 294 g/mol. The third-order valence-corrected chi connectivity index (χ3v) is 4.10. The van der Waals surface area contributed by atoms with Crippen LogP contribution in [0.2, 0.25) is 0 Å². The Balaban J connectivity index is 2.02. The lowest BCUT2D eigenvalue weighted by Gasteiger charge is -2.19. The van der Waals surface area contributed by atoms with Crippen LogP contribution in [0.1, 0.15) is 37.0 Å². The number of nitrogens with zero attached hydrogens (tertiary/aromatic N) is 3. The molecule has 108 valence electrons. The first-order chi connectivity index (χ1) is 9.67. The number of rotatable bonds is 6. The second kappa shape index (κ2) is 6.70. The SMILES string of the molecule is CCC(CC)C(Cl)CNC(=O)c1cnn2ccncc12. The topological polar surface area (TPSA) is 59.3 Å². The van der Waals surface area contributed by atoms with Crippen LogP contribution < -0.4 is 5.32 Å². The van der Waals surface area contributed by atoms with Crippen LogP contribution in [-0.2, 0) is 0 Å². The van der Waals surface area contributed by atoms with Crippen molar-refractivity contribution in [1.82, 2.24) is 19.9 Å².